The molecule has 5 heteroatoms. The average Bonchev–Trinajstić information content (AvgIpc) is 2.42. The van der Waals surface area contributed by atoms with Crippen molar-refractivity contribution in [1.82, 2.24) is 4.90 Å². The number of methoxy groups -OCH3 is 1. The lowest BCUT2D eigenvalue weighted by Crippen LogP contribution is -2.44. The number of hydrogen-bond acceptors (Lipinski definition) is 3. The van der Waals surface area contributed by atoms with Crippen LogP contribution < -0.4 is 5.73 Å². The van der Waals surface area contributed by atoms with E-state index in [0.717, 1.165) is 6.42 Å². The van der Waals surface area contributed by atoms with Gasteiger partial charge in [0.15, 0.2) is 0 Å². The summed E-state index contributed by atoms with van der Waals surface area (Å²) in [4.78, 5) is 13.9. The first-order chi connectivity index (χ1) is 8.72. The lowest BCUT2D eigenvalue weighted by atomic mass is 10.1. The molecule has 0 heterocycles. The number of halogens is 1. The molecule has 0 fully saturated rings. The van der Waals surface area contributed by atoms with Crippen LogP contribution in [0, 0.1) is 0 Å². The molecule has 1 rings (SSSR count). The smallest absolute Gasteiger partial charge is 0.253 e. The minimum Gasteiger partial charge on any atom is -0.370 e. The van der Waals surface area contributed by atoms with Crippen molar-refractivity contribution in [2.24, 2.45) is 5.73 Å². The standard InChI is InChI=1S/C14H22N2O2.ClH/c1-3-16(14(17)13(11-15)18-2)10-9-12-7-5-4-6-8-12;/h4-8,13H,3,9-11,15H2,1-2H3;1H. The third kappa shape index (κ3) is 5.59. The quantitative estimate of drug-likeness (QED) is 0.826. The molecule has 4 nitrogen and oxygen atoms in total. The van der Waals surface area contributed by atoms with Gasteiger partial charge < -0.3 is 15.4 Å². The fourth-order valence-electron chi connectivity index (χ4n) is 1.83. The second-order valence-electron chi connectivity index (χ2n) is 4.11. The van der Waals surface area contributed by atoms with Gasteiger partial charge in [0.05, 0.1) is 0 Å². The molecule has 1 unspecified atom stereocenters. The number of likely N-dealkylation sites (N-methyl/N-ethyl adjacent to an activating group) is 1. The molecule has 0 aliphatic carbocycles. The van der Waals surface area contributed by atoms with Gasteiger partial charge >= 0.3 is 0 Å². The number of nitrogens with zero attached hydrogens (tertiary/aromatic N) is 1. The van der Waals surface area contributed by atoms with Crippen LogP contribution >= 0.6 is 12.4 Å². The number of amides is 1. The SMILES string of the molecule is CCN(CCc1ccccc1)C(=O)C(CN)OC.Cl. The van der Waals surface area contributed by atoms with Gasteiger partial charge in [-0.3, -0.25) is 4.79 Å². The Labute approximate surface area is 121 Å². The zero-order chi connectivity index (χ0) is 13.4. The first-order valence-corrected chi connectivity index (χ1v) is 6.28. The van der Waals surface area contributed by atoms with Gasteiger partial charge in [0.25, 0.3) is 5.91 Å². The third-order valence-electron chi connectivity index (χ3n) is 2.98. The van der Waals surface area contributed by atoms with Crippen molar-refractivity contribution in [2.45, 2.75) is 19.4 Å². The Balaban J connectivity index is 0.00000324. The zero-order valence-corrected chi connectivity index (χ0v) is 12.4. The Bertz CT molecular complexity index is 356. The maximum absolute atomic E-state index is 12.1. The summed E-state index contributed by atoms with van der Waals surface area (Å²) < 4.78 is 5.08. The number of carbonyl (C=O) groups excluding carboxylic acids is 1. The highest BCUT2D eigenvalue weighted by Crippen LogP contribution is 2.04. The van der Waals surface area contributed by atoms with E-state index in [1.54, 1.807) is 4.90 Å². The molecule has 0 saturated heterocycles. The summed E-state index contributed by atoms with van der Waals surface area (Å²) in [6.45, 7) is 3.55. The molecule has 0 radical (unpaired) electrons. The summed E-state index contributed by atoms with van der Waals surface area (Å²) >= 11 is 0. The summed E-state index contributed by atoms with van der Waals surface area (Å²) in [5, 5.41) is 0. The molecule has 0 spiro atoms. The van der Waals surface area contributed by atoms with Crippen molar-refractivity contribution >= 4 is 18.3 Å². The highest BCUT2D eigenvalue weighted by Gasteiger charge is 2.21. The number of carbonyl (C=O) groups is 1. The van der Waals surface area contributed by atoms with Crippen LogP contribution in [0.3, 0.4) is 0 Å². The van der Waals surface area contributed by atoms with Crippen molar-refractivity contribution < 1.29 is 9.53 Å². The van der Waals surface area contributed by atoms with E-state index in [1.165, 1.54) is 12.7 Å². The topological polar surface area (TPSA) is 55.6 Å². The van der Waals surface area contributed by atoms with E-state index in [2.05, 4.69) is 12.1 Å². The van der Waals surface area contributed by atoms with Gasteiger partial charge in [0, 0.05) is 26.7 Å². The summed E-state index contributed by atoms with van der Waals surface area (Å²) in [5.74, 6) is -0.0292. The maximum atomic E-state index is 12.1. The van der Waals surface area contributed by atoms with Gasteiger partial charge in [-0.15, -0.1) is 12.4 Å². The van der Waals surface area contributed by atoms with Crippen LogP contribution in [-0.2, 0) is 16.0 Å². The Hall–Kier alpha value is -1.10. The summed E-state index contributed by atoms with van der Waals surface area (Å²) in [6, 6.07) is 10.1. The van der Waals surface area contributed by atoms with Gasteiger partial charge in [-0.2, -0.15) is 0 Å². The molecular weight excluding hydrogens is 264 g/mol. The Kier molecular flexibility index (Phi) is 9.21. The lowest BCUT2D eigenvalue weighted by molar-refractivity contribution is -0.141. The minimum absolute atomic E-state index is 0. The van der Waals surface area contributed by atoms with Crippen LogP contribution in [0.4, 0.5) is 0 Å². The largest absolute Gasteiger partial charge is 0.370 e. The third-order valence-corrected chi connectivity index (χ3v) is 2.98. The van der Waals surface area contributed by atoms with Crippen LogP contribution in [-0.4, -0.2) is 43.7 Å². The molecule has 108 valence electrons. The van der Waals surface area contributed by atoms with E-state index < -0.39 is 6.10 Å². The van der Waals surface area contributed by atoms with E-state index in [1.807, 2.05) is 25.1 Å². The second-order valence-corrected chi connectivity index (χ2v) is 4.11. The fourth-order valence-corrected chi connectivity index (χ4v) is 1.83. The number of rotatable bonds is 7. The highest BCUT2D eigenvalue weighted by molar-refractivity contribution is 5.85. The molecule has 0 aliphatic rings. The lowest BCUT2D eigenvalue weighted by Gasteiger charge is -2.24. The van der Waals surface area contributed by atoms with E-state index >= 15 is 0 Å². The number of hydrogen-bond donors (Lipinski definition) is 1. The van der Waals surface area contributed by atoms with Gasteiger partial charge in [0.1, 0.15) is 6.10 Å². The molecule has 1 atom stereocenters. The Morgan fingerprint density at radius 2 is 2.00 bits per heavy atom. The Morgan fingerprint density at radius 1 is 1.37 bits per heavy atom. The molecule has 0 aliphatic heterocycles. The molecular formula is C14H23ClN2O2. The first-order valence-electron chi connectivity index (χ1n) is 6.28. The normalized spacial score (nSPS) is 11.5. The number of benzene rings is 1. The number of nitrogens with two attached hydrogens (primary N) is 1. The van der Waals surface area contributed by atoms with E-state index in [9.17, 15) is 4.79 Å². The van der Waals surface area contributed by atoms with Crippen molar-refractivity contribution in [3.8, 4) is 0 Å². The summed E-state index contributed by atoms with van der Waals surface area (Å²) in [7, 11) is 1.51. The fraction of sp³-hybridized carbons (Fsp3) is 0.500. The maximum Gasteiger partial charge on any atom is 0.253 e. The molecule has 2 N–H and O–H groups in total. The van der Waals surface area contributed by atoms with Crippen LogP contribution in [0.5, 0.6) is 0 Å². The zero-order valence-electron chi connectivity index (χ0n) is 11.5. The van der Waals surface area contributed by atoms with Crippen LogP contribution in [0.2, 0.25) is 0 Å². The van der Waals surface area contributed by atoms with Crippen LogP contribution in [0.25, 0.3) is 0 Å². The molecule has 19 heavy (non-hydrogen) atoms. The van der Waals surface area contributed by atoms with Crippen molar-refractivity contribution in [3.05, 3.63) is 35.9 Å². The van der Waals surface area contributed by atoms with Gasteiger partial charge in [0.2, 0.25) is 0 Å². The van der Waals surface area contributed by atoms with Crippen molar-refractivity contribution in [3.63, 3.8) is 0 Å². The van der Waals surface area contributed by atoms with Crippen LogP contribution in [0.1, 0.15) is 12.5 Å². The minimum atomic E-state index is -0.527. The molecule has 0 saturated carbocycles. The molecule has 1 amide bonds. The van der Waals surface area contributed by atoms with E-state index in [-0.39, 0.29) is 24.9 Å². The molecule has 1 aromatic carbocycles. The predicted octanol–water partition coefficient (Wildman–Crippen LogP) is 1.47. The predicted molar refractivity (Wildman–Crippen MR) is 79.5 cm³/mol. The molecule has 0 bridgehead atoms. The van der Waals surface area contributed by atoms with Crippen LogP contribution in [0.15, 0.2) is 30.3 Å². The molecule has 0 aromatic heterocycles. The second kappa shape index (κ2) is 9.78. The van der Waals surface area contributed by atoms with Gasteiger partial charge in [-0.25, -0.2) is 0 Å². The van der Waals surface area contributed by atoms with Gasteiger partial charge in [-0.05, 0) is 18.9 Å². The van der Waals surface area contributed by atoms with E-state index in [0.29, 0.717) is 13.1 Å². The highest BCUT2D eigenvalue weighted by atomic mass is 35.5. The monoisotopic (exact) mass is 286 g/mol. The molecule has 1 aromatic rings. The van der Waals surface area contributed by atoms with E-state index in [4.69, 9.17) is 10.5 Å². The van der Waals surface area contributed by atoms with Gasteiger partial charge in [-0.1, -0.05) is 30.3 Å². The summed E-state index contributed by atoms with van der Waals surface area (Å²) in [5.41, 5.74) is 6.74. The van der Waals surface area contributed by atoms with Crippen molar-refractivity contribution in [1.29, 1.82) is 0 Å². The van der Waals surface area contributed by atoms with Crippen molar-refractivity contribution in [2.75, 3.05) is 26.7 Å². The average molecular weight is 287 g/mol. The Morgan fingerprint density at radius 3 is 2.47 bits per heavy atom. The number of ether oxygens (including phenoxy) is 1. The summed E-state index contributed by atoms with van der Waals surface area (Å²) in [6.07, 6.45) is 0.322. The first kappa shape index (κ1) is 17.9.